The molecule has 0 amide bonds. The van der Waals surface area contributed by atoms with Crippen molar-refractivity contribution in [3.8, 4) is 0 Å². The molecule has 0 aromatic heterocycles. The van der Waals surface area contributed by atoms with Crippen LogP contribution >= 0.6 is 0 Å². The second kappa shape index (κ2) is 11.4. The van der Waals surface area contributed by atoms with Crippen LogP contribution in [0.4, 0.5) is 0 Å². The van der Waals surface area contributed by atoms with Crippen molar-refractivity contribution in [2.45, 2.75) is 52.4 Å². The first-order valence-corrected chi connectivity index (χ1v) is 6.11. The van der Waals surface area contributed by atoms with E-state index in [1.165, 1.54) is 6.08 Å². The molecule has 5 heteroatoms. The van der Waals surface area contributed by atoms with E-state index >= 15 is 0 Å². The van der Waals surface area contributed by atoms with Crippen LogP contribution in [-0.4, -0.2) is 11.9 Å². The summed E-state index contributed by atoms with van der Waals surface area (Å²) in [6.45, 7) is 4.15. The predicted molar refractivity (Wildman–Crippen MR) is 60.6 cm³/mol. The first-order chi connectivity index (χ1) is 8.01. The van der Waals surface area contributed by atoms with Gasteiger partial charge in [0.05, 0.1) is 5.97 Å². The molecule has 0 N–H and O–H groups in total. The van der Waals surface area contributed by atoms with Crippen molar-refractivity contribution in [3.63, 3.8) is 0 Å². The number of hydrogen-bond donors (Lipinski definition) is 0. The molecule has 0 bridgehead atoms. The molecule has 0 heterocycles. The standard InChI is InChI=1S/C13H22O4.Zn/c1-3-5-6-10(4-2)7-8-11(13(16)17)9-12(14)15;/h8,10H,3-7,9H2,1-2H3,(H,14,15)(H,16,17);/q;+2/p-2. The molecule has 0 fully saturated rings. The van der Waals surface area contributed by atoms with Gasteiger partial charge in [-0.25, -0.2) is 0 Å². The van der Waals surface area contributed by atoms with Crippen LogP contribution < -0.4 is 10.2 Å². The number of carboxylic acids is 2. The molecule has 0 aliphatic rings. The summed E-state index contributed by atoms with van der Waals surface area (Å²) in [5.41, 5.74) is -0.181. The number of rotatable bonds is 9. The minimum Gasteiger partial charge on any atom is -0.550 e. The maximum atomic E-state index is 10.7. The van der Waals surface area contributed by atoms with Gasteiger partial charge in [0.1, 0.15) is 0 Å². The number of allylic oxidation sites excluding steroid dienone is 1. The van der Waals surface area contributed by atoms with Crippen molar-refractivity contribution in [3.05, 3.63) is 11.6 Å². The summed E-state index contributed by atoms with van der Waals surface area (Å²) in [6.07, 6.45) is 5.69. The topological polar surface area (TPSA) is 80.3 Å². The largest absolute Gasteiger partial charge is 2.00 e. The SMILES string of the molecule is CCCCC(CC)CC=C(CC(=O)[O-])C(=O)[O-].[Zn+2]. The van der Waals surface area contributed by atoms with Gasteiger partial charge in [-0.05, 0) is 17.9 Å². The van der Waals surface area contributed by atoms with Gasteiger partial charge in [-0.15, -0.1) is 0 Å². The molecule has 18 heavy (non-hydrogen) atoms. The van der Waals surface area contributed by atoms with Gasteiger partial charge in [-0.1, -0.05) is 45.6 Å². The average Bonchev–Trinajstić information content (AvgIpc) is 2.26. The third-order valence-corrected chi connectivity index (χ3v) is 2.84. The second-order valence-corrected chi connectivity index (χ2v) is 4.22. The van der Waals surface area contributed by atoms with E-state index in [1.54, 1.807) is 0 Å². The molecule has 0 aromatic carbocycles. The van der Waals surface area contributed by atoms with Gasteiger partial charge < -0.3 is 19.8 Å². The molecule has 0 aromatic rings. The fraction of sp³-hybridized carbons (Fsp3) is 0.692. The van der Waals surface area contributed by atoms with Gasteiger partial charge in [0.2, 0.25) is 0 Å². The molecule has 0 saturated carbocycles. The minimum absolute atomic E-state index is 0. The predicted octanol–water partition coefficient (Wildman–Crippen LogP) is 0.407. The fourth-order valence-electron chi connectivity index (χ4n) is 1.67. The van der Waals surface area contributed by atoms with Crippen LogP contribution in [0, 0.1) is 5.92 Å². The van der Waals surface area contributed by atoms with Gasteiger partial charge >= 0.3 is 19.5 Å². The van der Waals surface area contributed by atoms with Crippen LogP contribution in [0.5, 0.6) is 0 Å². The van der Waals surface area contributed by atoms with Crippen LogP contribution in [0.1, 0.15) is 52.4 Å². The molecule has 0 aliphatic heterocycles. The molecule has 1 unspecified atom stereocenters. The first-order valence-electron chi connectivity index (χ1n) is 6.11. The van der Waals surface area contributed by atoms with Crippen molar-refractivity contribution in [1.82, 2.24) is 0 Å². The Labute approximate surface area is 121 Å². The van der Waals surface area contributed by atoms with E-state index < -0.39 is 18.4 Å². The summed E-state index contributed by atoms with van der Waals surface area (Å²) in [5.74, 6) is -2.40. The molecule has 1 atom stereocenters. The molecule has 0 rings (SSSR count). The molecular weight excluding hydrogens is 286 g/mol. The molecule has 0 saturated heterocycles. The van der Waals surface area contributed by atoms with Crippen molar-refractivity contribution in [2.24, 2.45) is 5.92 Å². The van der Waals surface area contributed by atoms with E-state index in [4.69, 9.17) is 0 Å². The number of carbonyl (C=O) groups is 2. The fourth-order valence-corrected chi connectivity index (χ4v) is 1.67. The Morgan fingerprint density at radius 3 is 2.22 bits per heavy atom. The Morgan fingerprint density at radius 1 is 1.22 bits per heavy atom. The minimum atomic E-state index is -1.42. The van der Waals surface area contributed by atoms with E-state index in [2.05, 4.69) is 6.92 Å². The Morgan fingerprint density at radius 2 is 1.83 bits per heavy atom. The monoisotopic (exact) mass is 304 g/mol. The summed E-state index contributed by atoms with van der Waals surface area (Å²) < 4.78 is 0. The Balaban J connectivity index is 0. The van der Waals surface area contributed by atoms with E-state index in [9.17, 15) is 19.8 Å². The Kier molecular flexibility index (Phi) is 12.4. The quantitative estimate of drug-likeness (QED) is 0.456. The number of carboxylic acid groups (broad SMARTS) is 2. The van der Waals surface area contributed by atoms with Gasteiger partial charge in [-0.2, -0.15) is 0 Å². The molecule has 98 valence electrons. The average molecular weight is 306 g/mol. The Hall–Kier alpha value is -0.697. The third-order valence-electron chi connectivity index (χ3n) is 2.84. The molecule has 0 spiro atoms. The van der Waals surface area contributed by atoms with Crippen LogP contribution in [-0.2, 0) is 29.1 Å². The molecular formula is C13H20O4Zn. The third kappa shape index (κ3) is 9.35. The van der Waals surface area contributed by atoms with E-state index in [0.29, 0.717) is 12.3 Å². The van der Waals surface area contributed by atoms with Crippen LogP contribution in [0.25, 0.3) is 0 Å². The Bertz CT molecular complexity index is 287. The zero-order valence-corrected chi connectivity index (χ0v) is 14.2. The van der Waals surface area contributed by atoms with Gasteiger partial charge in [0.25, 0.3) is 0 Å². The number of aliphatic carboxylic acids is 2. The molecule has 0 aliphatic carbocycles. The molecule has 0 radical (unpaired) electrons. The normalized spacial score (nSPS) is 12.7. The van der Waals surface area contributed by atoms with Gasteiger partial charge in [-0.3, -0.25) is 0 Å². The van der Waals surface area contributed by atoms with E-state index in [1.807, 2.05) is 6.92 Å². The summed E-state index contributed by atoms with van der Waals surface area (Å²) in [7, 11) is 0. The smallest absolute Gasteiger partial charge is 0.550 e. The van der Waals surface area contributed by atoms with Crippen molar-refractivity contribution in [1.29, 1.82) is 0 Å². The van der Waals surface area contributed by atoms with Crippen LogP contribution in [0.3, 0.4) is 0 Å². The zero-order valence-electron chi connectivity index (χ0n) is 11.2. The maximum Gasteiger partial charge on any atom is 2.00 e. The summed E-state index contributed by atoms with van der Waals surface area (Å²) in [6, 6.07) is 0. The number of carbonyl (C=O) groups excluding carboxylic acids is 2. The van der Waals surface area contributed by atoms with Crippen molar-refractivity contribution in [2.75, 3.05) is 0 Å². The van der Waals surface area contributed by atoms with E-state index in [-0.39, 0.29) is 25.1 Å². The maximum absolute atomic E-state index is 10.7. The van der Waals surface area contributed by atoms with Crippen LogP contribution in [0.15, 0.2) is 11.6 Å². The zero-order chi connectivity index (χ0) is 13.3. The second-order valence-electron chi connectivity index (χ2n) is 4.22. The van der Waals surface area contributed by atoms with Crippen LogP contribution in [0.2, 0.25) is 0 Å². The first kappa shape index (κ1) is 19.6. The van der Waals surface area contributed by atoms with Gasteiger partial charge in [0.15, 0.2) is 0 Å². The van der Waals surface area contributed by atoms with Crippen molar-refractivity contribution >= 4 is 11.9 Å². The van der Waals surface area contributed by atoms with E-state index in [0.717, 1.165) is 25.7 Å². The summed E-state index contributed by atoms with van der Waals surface area (Å²) in [4.78, 5) is 21.0. The number of hydrogen-bond acceptors (Lipinski definition) is 4. The van der Waals surface area contributed by atoms with Gasteiger partial charge in [0, 0.05) is 12.4 Å². The number of unbranched alkanes of at least 4 members (excludes halogenated alkanes) is 1. The summed E-state index contributed by atoms with van der Waals surface area (Å²) in [5, 5.41) is 21.0. The summed E-state index contributed by atoms with van der Waals surface area (Å²) >= 11 is 0. The van der Waals surface area contributed by atoms with Crippen molar-refractivity contribution < 1.29 is 39.3 Å². The molecule has 4 nitrogen and oxygen atoms in total.